The number of carbonyl (C=O) groups excluding carboxylic acids is 10. The number of halogens is 1. The van der Waals surface area contributed by atoms with Gasteiger partial charge in [-0.1, -0.05) is 87.5 Å². The molecule has 0 aliphatic carbocycles. The van der Waals surface area contributed by atoms with Gasteiger partial charge in [0.25, 0.3) is 5.91 Å². The number of carboxylic acids is 1. The zero-order chi connectivity index (χ0) is 79.6. The summed E-state index contributed by atoms with van der Waals surface area (Å²) in [5, 5.41) is 75.4. The average Bonchev–Trinajstić information content (AvgIpc) is 1.63. The van der Waals surface area contributed by atoms with E-state index < -0.39 is 138 Å². The number of hydrogen-bond acceptors (Lipinski definition) is 25. The van der Waals surface area contributed by atoms with Gasteiger partial charge in [0.1, 0.15) is 54.7 Å². The number of phenols is 1. The van der Waals surface area contributed by atoms with E-state index in [2.05, 4.69) is 68.5 Å². The molecule has 36 nitrogen and oxygen atoms in total. The molecule has 39 heteroatoms. The number of nitrogens with one attached hydrogen (secondary N) is 11. The average molecular weight is 1580 g/mol. The molecule has 10 amide bonds. The zero-order valence-corrected chi connectivity index (χ0v) is 62.8. The fourth-order valence-corrected chi connectivity index (χ4v) is 13.0. The second kappa shape index (κ2) is 49.7. The van der Waals surface area contributed by atoms with Crippen LogP contribution in [0.5, 0.6) is 5.75 Å². The number of hydrogen-bond donors (Lipinski definition) is 16. The Morgan fingerprint density at radius 3 is 1.87 bits per heavy atom. The van der Waals surface area contributed by atoms with Crippen molar-refractivity contribution in [3.63, 3.8) is 0 Å². The number of para-hydroxylation sites is 1. The molecule has 5 aromatic rings. The number of aliphatic carboxylic acids is 1. The molecular formula is C71H100FN15O21S2. The van der Waals surface area contributed by atoms with E-state index in [1.54, 1.807) is 60.8 Å². The van der Waals surface area contributed by atoms with Crippen LogP contribution in [0.15, 0.2) is 91.3 Å². The molecular weight excluding hydrogens is 1480 g/mol. The van der Waals surface area contributed by atoms with Crippen LogP contribution >= 0.6 is 21.6 Å². The lowest BCUT2D eigenvalue weighted by Crippen LogP contribution is -2.62. The maximum Gasteiger partial charge on any atom is 0.328 e. The van der Waals surface area contributed by atoms with Crippen molar-refractivity contribution in [2.75, 3.05) is 117 Å². The SMILES string of the molecule is C[C@@H](O)[C@H](NC(=O)[C@@H]1CSSC[C@H](NC(=O)[C@@H](Cc2ccccc2)NC(=O)CCOCCOCCOCCOCCOCCOCCNC(=O)CNC(=O)c2cn(CCF)nn2)C(=O)N[C@@H](Cc2ccc(O)cc2)C(=O)N[C@H](Cc2c[nH]c3ccccc23)C(=O)N[C@@H](CCCCN)C(=O)N[C@@H]([C@@H](C)O)C(=O)N1)C(=O)O. The number of carboxylic acid groups (broad SMARTS) is 1. The monoisotopic (exact) mass is 1580 g/mol. The van der Waals surface area contributed by atoms with Gasteiger partial charge in [-0.2, -0.15) is 0 Å². The minimum atomic E-state index is -1.88. The Kier molecular flexibility index (Phi) is 40.4. The van der Waals surface area contributed by atoms with Crippen molar-refractivity contribution in [2.45, 2.75) is 126 Å². The number of carbonyl (C=O) groups is 11. The van der Waals surface area contributed by atoms with E-state index >= 15 is 9.59 Å². The van der Waals surface area contributed by atoms with Crippen LogP contribution in [0.1, 0.15) is 66.7 Å². The highest BCUT2D eigenvalue weighted by Crippen LogP contribution is 2.25. The van der Waals surface area contributed by atoms with Gasteiger partial charge >= 0.3 is 5.97 Å². The Morgan fingerprint density at radius 1 is 0.655 bits per heavy atom. The van der Waals surface area contributed by atoms with Crippen molar-refractivity contribution in [3.05, 3.63) is 114 Å². The van der Waals surface area contributed by atoms with Crippen LogP contribution in [-0.2, 0) is 102 Å². The van der Waals surface area contributed by atoms with Crippen molar-refractivity contribution in [2.24, 2.45) is 5.73 Å². The van der Waals surface area contributed by atoms with E-state index in [-0.39, 0.29) is 141 Å². The van der Waals surface area contributed by atoms with Gasteiger partial charge in [0.05, 0.1) is 111 Å². The normalized spacial score (nSPS) is 18.7. The molecule has 110 heavy (non-hydrogen) atoms. The minimum absolute atomic E-state index is 0.0368. The topological polar surface area (TPSA) is 517 Å². The second-order valence-electron chi connectivity index (χ2n) is 25.2. The third kappa shape index (κ3) is 32.6. The molecule has 17 N–H and O–H groups in total. The molecule has 3 heterocycles. The van der Waals surface area contributed by atoms with Crippen molar-refractivity contribution in [1.82, 2.24) is 73.1 Å². The van der Waals surface area contributed by atoms with Crippen molar-refractivity contribution < 1.29 is 106 Å². The summed E-state index contributed by atoms with van der Waals surface area (Å²) in [5.74, 6) is -11.0. The summed E-state index contributed by atoms with van der Waals surface area (Å²) in [6.45, 7) is 4.30. The summed E-state index contributed by atoms with van der Waals surface area (Å²) < 4.78 is 46.9. The first-order chi connectivity index (χ1) is 53.0. The smallest absolute Gasteiger partial charge is 0.328 e. The van der Waals surface area contributed by atoms with E-state index in [0.29, 0.717) is 53.8 Å². The molecule has 0 spiro atoms. The molecule has 1 aliphatic rings. The van der Waals surface area contributed by atoms with Gasteiger partial charge in [-0.05, 0) is 74.5 Å². The third-order valence-corrected chi connectivity index (χ3v) is 19.0. The van der Waals surface area contributed by atoms with Gasteiger partial charge in [-0.3, -0.25) is 47.9 Å². The largest absolute Gasteiger partial charge is 0.508 e. The number of alkyl halides is 1. The van der Waals surface area contributed by atoms with E-state index in [0.717, 1.165) is 28.5 Å². The van der Waals surface area contributed by atoms with Crippen LogP contribution in [0.2, 0.25) is 0 Å². The van der Waals surface area contributed by atoms with E-state index in [9.17, 15) is 68.0 Å². The Bertz CT molecular complexity index is 3720. The Balaban J connectivity index is 1.07. The number of aryl methyl sites for hydroxylation is 1. The number of phenolic OH excluding ortho intramolecular Hbond substituents is 1. The molecule has 1 fully saturated rings. The number of aliphatic hydroxyl groups excluding tert-OH is 2. The van der Waals surface area contributed by atoms with Gasteiger partial charge in [-0.25, -0.2) is 13.9 Å². The van der Waals surface area contributed by atoms with Crippen molar-refractivity contribution in [1.29, 1.82) is 0 Å². The number of ether oxygens (including phenoxy) is 6. The number of aromatic hydroxyl groups is 1. The van der Waals surface area contributed by atoms with E-state index in [4.69, 9.17) is 34.2 Å². The molecule has 1 saturated heterocycles. The van der Waals surface area contributed by atoms with Crippen LogP contribution in [0, 0.1) is 0 Å². The predicted octanol–water partition coefficient (Wildman–Crippen LogP) is -2.25. The first-order valence-corrected chi connectivity index (χ1v) is 38.3. The number of aliphatic hydroxyl groups is 2. The van der Waals surface area contributed by atoms with Gasteiger partial charge in [0, 0.05) is 60.8 Å². The third-order valence-electron chi connectivity index (χ3n) is 16.6. The van der Waals surface area contributed by atoms with Gasteiger partial charge in [0.2, 0.25) is 53.2 Å². The summed E-state index contributed by atoms with van der Waals surface area (Å²) in [4.78, 5) is 156. The molecule has 0 unspecified atom stereocenters. The van der Waals surface area contributed by atoms with Gasteiger partial charge < -0.3 is 113 Å². The van der Waals surface area contributed by atoms with E-state index in [1.165, 1.54) is 42.1 Å². The first-order valence-electron chi connectivity index (χ1n) is 35.8. The number of nitrogens with zero attached hydrogens (tertiary/aromatic N) is 3. The predicted molar refractivity (Wildman–Crippen MR) is 399 cm³/mol. The molecule has 3 aromatic carbocycles. The fraction of sp³-hybridized carbons (Fsp3) is 0.535. The highest BCUT2D eigenvalue weighted by Gasteiger charge is 2.38. The maximum atomic E-state index is 15.1. The number of aromatic nitrogens is 4. The number of H-pyrrole nitrogens is 1. The molecule has 0 saturated carbocycles. The van der Waals surface area contributed by atoms with Crippen LogP contribution in [0.3, 0.4) is 0 Å². The van der Waals surface area contributed by atoms with Crippen LogP contribution in [-0.4, -0.2) is 283 Å². The lowest BCUT2D eigenvalue weighted by Gasteiger charge is -2.29. The quantitative estimate of drug-likeness (QED) is 0.0145. The first kappa shape index (κ1) is 89.5. The van der Waals surface area contributed by atoms with E-state index in [1.807, 2.05) is 0 Å². The number of nitrogens with two attached hydrogens (primary N) is 1. The molecule has 2 aromatic heterocycles. The highest BCUT2D eigenvalue weighted by molar-refractivity contribution is 8.76. The molecule has 604 valence electrons. The molecule has 10 atom stereocenters. The van der Waals surface area contributed by atoms with Gasteiger partial charge in [-0.15, -0.1) is 5.10 Å². The number of aromatic amines is 1. The Labute approximate surface area is 641 Å². The fourth-order valence-electron chi connectivity index (χ4n) is 10.7. The number of amides is 10. The number of rotatable bonds is 44. The summed E-state index contributed by atoms with van der Waals surface area (Å²) in [6.07, 6.45) is -0.560. The number of unbranched alkanes of at least 4 members (excludes halogenated alkanes) is 1. The molecule has 0 radical (unpaired) electrons. The van der Waals surface area contributed by atoms with Crippen molar-refractivity contribution in [3.8, 4) is 5.75 Å². The van der Waals surface area contributed by atoms with Gasteiger partial charge in [0.15, 0.2) is 11.7 Å². The molecule has 1 aliphatic heterocycles. The Morgan fingerprint density at radius 2 is 1.25 bits per heavy atom. The summed E-state index contributed by atoms with van der Waals surface area (Å²) in [5.41, 5.74) is 8.07. The minimum Gasteiger partial charge on any atom is -0.508 e. The molecule has 6 rings (SSSR count). The number of fused-ring (bicyclic) bond motifs is 1. The van der Waals surface area contributed by atoms with Crippen LogP contribution < -0.4 is 58.9 Å². The lowest BCUT2D eigenvalue weighted by molar-refractivity contribution is -0.145. The van der Waals surface area contributed by atoms with Crippen LogP contribution in [0.4, 0.5) is 4.39 Å². The van der Waals surface area contributed by atoms with Crippen molar-refractivity contribution >= 4 is 97.5 Å². The number of benzene rings is 3. The summed E-state index contributed by atoms with van der Waals surface area (Å²) in [6, 6.07) is 8.71. The summed E-state index contributed by atoms with van der Waals surface area (Å²) in [7, 11) is 1.74. The molecule has 0 bridgehead atoms. The Hall–Kier alpha value is -9.42. The van der Waals surface area contributed by atoms with Crippen LogP contribution in [0.25, 0.3) is 10.9 Å². The maximum absolute atomic E-state index is 15.1. The highest BCUT2D eigenvalue weighted by atomic mass is 33.1. The summed E-state index contributed by atoms with van der Waals surface area (Å²) >= 11 is 0. The second-order valence-corrected chi connectivity index (χ2v) is 27.8. The lowest BCUT2D eigenvalue weighted by atomic mass is 10.0. The zero-order valence-electron chi connectivity index (χ0n) is 61.2. The standard InChI is InChI=1S/C71H100FN15O21S2/c1-44(88)61-70(100)82-58(69(99)84-62(45(2)89)71(101)102)43-110-109-42-57(68(98)79-54(37-47-15-17-49(90)18-16-47)66(96)80-55(38-48-39-75-51-13-7-6-12-50(48)51)67(97)78-52(64(94)83-61)14-8-9-21-73)81-65(95)53(36-46-10-4-3-5-11-46)77-59(91)19-24-103-26-28-105-30-32-107-34-35-108-33-31-106-29-27-104-25-22-74-60(92)40-76-63(93)56-41-87(23-20-72)86-85-56/h3-7,10-13,15-18,39,41,44-45,52-55,57-58,61-62,75,88-90H,8-9,14,19-38,40,42-43,73H2,1-2H3,(H,74,92)(H,76,93)(H,77,91)(H,78,97)(H,79,98)(H,80,96)(H,81,95)(H,82,100)(H,83,94)(H,84,99)(H,101,102)/t44-,45-,52+,53-,54+,55-,57+,58+,61+,62+/m1/s1.